The first-order valence-electron chi connectivity index (χ1n) is 7.61. The molecule has 2 unspecified atom stereocenters. The van der Waals surface area contributed by atoms with Gasteiger partial charge in [0.1, 0.15) is 0 Å². The highest BCUT2D eigenvalue weighted by molar-refractivity contribution is 6.67. The molecule has 24 heavy (non-hydrogen) atoms. The van der Waals surface area contributed by atoms with Gasteiger partial charge in [0.05, 0.1) is 5.69 Å². The van der Waals surface area contributed by atoms with Gasteiger partial charge in [-0.25, -0.2) is 4.90 Å². The van der Waals surface area contributed by atoms with Crippen molar-refractivity contribution in [1.29, 1.82) is 0 Å². The molecule has 0 fully saturated rings. The van der Waals surface area contributed by atoms with Gasteiger partial charge < -0.3 is 0 Å². The van der Waals surface area contributed by atoms with Gasteiger partial charge in [0.25, 0.3) is 11.8 Å². The Balaban J connectivity index is 2.04. The molecule has 0 saturated heterocycles. The van der Waals surface area contributed by atoms with Gasteiger partial charge in [0, 0.05) is 28.0 Å². The van der Waals surface area contributed by atoms with Gasteiger partial charge in [-0.2, -0.15) is 0 Å². The summed E-state index contributed by atoms with van der Waals surface area (Å²) in [6.07, 6.45) is 2.61. The number of carbonyl (C=O) groups is 3. The number of anilines is 1. The lowest BCUT2D eigenvalue weighted by Gasteiger charge is -2.25. The van der Waals surface area contributed by atoms with Crippen molar-refractivity contribution in [2.75, 3.05) is 4.90 Å². The third-order valence-corrected chi connectivity index (χ3v) is 5.15. The van der Waals surface area contributed by atoms with Crippen LogP contribution in [-0.2, 0) is 14.4 Å². The van der Waals surface area contributed by atoms with Crippen LogP contribution in [0.1, 0.15) is 19.8 Å². The average molecular weight is 364 g/mol. The smallest absolute Gasteiger partial charge is 0.262 e. The summed E-state index contributed by atoms with van der Waals surface area (Å²) in [5, 5.41) is -0.953. The topological polar surface area (TPSA) is 54.5 Å². The summed E-state index contributed by atoms with van der Waals surface area (Å²) in [7, 11) is 0. The maximum atomic E-state index is 12.9. The molecule has 1 aliphatic carbocycles. The zero-order valence-electron chi connectivity index (χ0n) is 13.0. The third-order valence-electron chi connectivity index (χ3n) is 4.37. The number of nitrogens with zero attached hydrogens (tertiary/aromatic N) is 1. The van der Waals surface area contributed by atoms with E-state index in [1.54, 1.807) is 37.3 Å². The summed E-state index contributed by atoms with van der Waals surface area (Å²) in [6.45, 7) is 1.57. The Bertz CT molecular complexity index is 783. The SMILES string of the molecule is CC(=CC1C2=C(CCC1Cl)C(=O)N(c1ccccc1)C2=O)C(=O)Cl. The molecule has 1 aliphatic heterocycles. The van der Waals surface area contributed by atoms with E-state index in [1.165, 1.54) is 4.90 Å². The number of halogens is 2. The van der Waals surface area contributed by atoms with E-state index in [9.17, 15) is 14.4 Å². The van der Waals surface area contributed by atoms with Crippen molar-refractivity contribution in [2.24, 2.45) is 5.92 Å². The lowest BCUT2D eigenvalue weighted by atomic mass is 9.82. The van der Waals surface area contributed by atoms with Crippen molar-refractivity contribution in [3.63, 3.8) is 0 Å². The van der Waals surface area contributed by atoms with Crippen LogP contribution in [0.3, 0.4) is 0 Å². The average Bonchev–Trinajstić information content (AvgIpc) is 2.81. The number of amides is 2. The van der Waals surface area contributed by atoms with Crippen LogP contribution in [0.25, 0.3) is 0 Å². The Hall–Kier alpha value is -1.91. The number of alkyl halides is 1. The van der Waals surface area contributed by atoms with Crippen LogP contribution in [0.15, 0.2) is 53.1 Å². The Morgan fingerprint density at radius 1 is 1.21 bits per heavy atom. The number of benzene rings is 1. The molecule has 6 heteroatoms. The lowest BCUT2D eigenvalue weighted by molar-refractivity contribution is -0.120. The number of carbonyl (C=O) groups excluding carboxylic acids is 3. The van der Waals surface area contributed by atoms with Crippen molar-refractivity contribution in [3.8, 4) is 0 Å². The molecule has 0 N–H and O–H groups in total. The predicted molar refractivity (Wildman–Crippen MR) is 92.9 cm³/mol. The summed E-state index contributed by atoms with van der Waals surface area (Å²) in [6, 6.07) is 8.78. The summed E-state index contributed by atoms with van der Waals surface area (Å²) in [5.74, 6) is -1.18. The first-order valence-corrected chi connectivity index (χ1v) is 8.42. The first kappa shape index (κ1) is 16.9. The van der Waals surface area contributed by atoms with E-state index in [0.29, 0.717) is 35.2 Å². The normalized spacial score (nSPS) is 24.5. The fraction of sp³-hybridized carbons (Fsp3) is 0.278. The second kappa shape index (κ2) is 6.54. The van der Waals surface area contributed by atoms with Crippen LogP contribution >= 0.6 is 23.2 Å². The molecular formula is C18H15Cl2NO3. The Morgan fingerprint density at radius 2 is 1.88 bits per heavy atom. The number of para-hydroxylation sites is 1. The molecule has 0 bridgehead atoms. The van der Waals surface area contributed by atoms with Crippen molar-refractivity contribution in [3.05, 3.63) is 53.1 Å². The van der Waals surface area contributed by atoms with E-state index in [0.717, 1.165) is 0 Å². The van der Waals surface area contributed by atoms with Crippen molar-refractivity contribution < 1.29 is 14.4 Å². The minimum Gasteiger partial charge on any atom is -0.276 e. The van der Waals surface area contributed by atoms with Crippen molar-refractivity contribution in [2.45, 2.75) is 25.1 Å². The molecular weight excluding hydrogens is 349 g/mol. The number of allylic oxidation sites excluding steroid dienone is 2. The van der Waals surface area contributed by atoms with Crippen LogP contribution in [-0.4, -0.2) is 22.4 Å². The zero-order valence-corrected chi connectivity index (χ0v) is 14.5. The fourth-order valence-corrected chi connectivity index (χ4v) is 3.52. The highest BCUT2D eigenvalue weighted by Gasteiger charge is 2.45. The Morgan fingerprint density at radius 3 is 2.50 bits per heavy atom. The molecule has 0 spiro atoms. The molecule has 4 nitrogen and oxygen atoms in total. The zero-order chi connectivity index (χ0) is 17.4. The number of rotatable bonds is 3. The van der Waals surface area contributed by atoms with E-state index in [2.05, 4.69) is 0 Å². The van der Waals surface area contributed by atoms with E-state index in [1.807, 2.05) is 6.07 Å². The molecule has 0 saturated carbocycles. The van der Waals surface area contributed by atoms with Crippen LogP contribution in [0.2, 0.25) is 0 Å². The molecule has 2 aliphatic rings. The number of imide groups is 1. The van der Waals surface area contributed by atoms with Gasteiger partial charge in [-0.05, 0) is 43.5 Å². The van der Waals surface area contributed by atoms with Crippen LogP contribution in [0, 0.1) is 5.92 Å². The standard InChI is InChI=1S/C18H15Cl2NO3/c1-10(16(20)22)9-13-14(19)8-7-12-15(13)18(24)21(17(12)23)11-5-3-2-4-6-11/h2-6,9,13-14H,7-8H2,1H3. The molecule has 0 aromatic heterocycles. The van der Waals surface area contributed by atoms with Gasteiger partial charge >= 0.3 is 0 Å². The number of hydrogen-bond donors (Lipinski definition) is 0. The Labute approximate surface area is 149 Å². The van der Waals surface area contributed by atoms with Crippen LogP contribution < -0.4 is 4.90 Å². The summed E-state index contributed by atoms with van der Waals surface area (Å²) < 4.78 is 0. The lowest BCUT2D eigenvalue weighted by Crippen LogP contribution is -2.32. The largest absolute Gasteiger partial charge is 0.276 e. The third kappa shape index (κ3) is 2.80. The summed E-state index contributed by atoms with van der Waals surface area (Å²) in [5.41, 5.74) is 1.71. The van der Waals surface area contributed by atoms with Gasteiger partial charge in [0.15, 0.2) is 0 Å². The molecule has 1 aromatic rings. The number of hydrogen-bond acceptors (Lipinski definition) is 3. The second-order valence-electron chi connectivity index (χ2n) is 5.88. The predicted octanol–water partition coefficient (Wildman–Crippen LogP) is 3.59. The maximum Gasteiger partial charge on any atom is 0.262 e. The van der Waals surface area contributed by atoms with Crippen LogP contribution in [0.5, 0.6) is 0 Å². The highest BCUT2D eigenvalue weighted by Crippen LogP contribution is 2.42. The Kier molecular flexibility index (Phi) is 4.61. The van der Waals surface area contributed by atoms with E-state index < -0.39 is 11.2 Å². The second-order valence-corrected chi connectivity index (χ2v) is 6.78. The first-order chi connectivity index (χ1) is 11.4. The van der Waals surface area contributed by atoms with E-state index >= 15 is 0 Å². The van der Waals surface area contributed by atoms with Crippen molar-refractivity contribution >= 4 is 45.9 Å². The summed E-state index contributed by atoms with van der Waals surface area (Å²) in [4.78, 5) is 38.1. The molecule has 3 rings (SSSR count). The molecule has 124 valence electrons. The highest BCUT2D eigenvalue weighted by atomic mass is 35.5. The molecule has 1 aromatic carbocycles. The minimum absolute atomic E-state index is 0.307. The monoisotopic (exact) mass is 363 g/mol. The minimum atomic E-state index is -0.594. The van der Waals surface area contributed by atoms with E-state index in [4.69, 9.17) is 23.2 Å². The quantitative estimate of drug-likeness (QED) is 0.357. The van der Waals surface area contributed by atoms with Crippen LogP contribution in [0.4, 0.5) is 5.69 Å². The fourth-order valence-electron chi connectivity index (χ4n) is 3.15. The maximum absolute atomic E-state index is 12.9. The van der Waals surface area contributed by atoms with E-state index in [-0.39, 0.29) is 17.2 Å². The molecule has 0 radical (unpaired) electrons. The van der Waals surface area contributed by atoms with Crippen molar-refractivity contribution in [1.82, 2.24) is 0 Å². The van der Waals surface area contributed by atoms with Gasteiger partial charge in [-0.15, -0.1) is 11.6 Å². The molecule has 2 amide bonds. The molecule has 2 atom stereocenters. The van der Waals surface area contributed by atoms with Gasteiger partial charge in [-0.3, -0.25) is 14.4 Å². The van der Waals surface area contributed by atoms with Gasteiger partial charge in [0.2, 0.25) is 5.24 Å². The van der Waals surface area contributed by atoms with Gasteiger partial charge in [-0.1, -0.05) is 24.3 Å². The molecule has 1 heterocycles. The summed E-state index contributed by atoms with van der Waals surface area (Å²) >= 11 is 11.9.